The van der Waals surface area contributed by atoms with Crippen LogP contribution in [0.25, 0.3) is 0 Å². The second kappa shape index (κ2) is 6.33. The first-order valence-corrected chi connectivity index (χ1v) is 6.36. The Kier molecular flexibility index (Phi) is 4.52. The third-order valence-corrected chi connectivity index (χ3v) is 2.91. The molecule has 102 valence electrons. The topological polar surface area (TPSA) is 44.4 Å². The molecule has 0 saturated carbocycles. The summed E-state index contributed by atoms with van der Waals surface area (Å²) >= 11 is 0. The van der Waals surface area contributed by atoms with Crippen LogP contribution in [0.4, 0.5) is 4.39 Å². The van der Waals surface area contributed by atoms with E-state index in [2.05, 4.69) is 11.0 Å². The van der Waals surface area contributed by atoms with Crippen LogP contribution in [0, 0.1) is 5.82 Å². The smallest absolute Gasteiger partial charge is 0.129 e. The van der Waals surface area contributed by atoms with Gasteiger partial charge in [-0.25, -0.2) is 4.39 Å². The summed E-state index contributed by atoms with van der Waals surface area (Å²) in [4.78, 5) is 10.9. The van der Waals surface area contributed by atoms with E-state index >= 15 is 0 Å². The van der Waals surface area contributed by atoms with Gasteiger partial charge in [0.15, 0.2) is 0 Å². The monoisotopic (exact) mass is 263 g/mol. The Labute approximate surface area is 112 Å². The summed E-state index contributed by atoms with van der Waals surface area (Å²) in [6.45, 7) is 2.26. The van der Waals surface area contributed by atoms with E-state index < -0.39 is 0 Å². The highest BCUT2D eigenvalue weighted by atomic mass is 19.1. The predicted octanol–water partition coefficient (Wildman–Crippen LogP) is 2.25. The van der Waals surface area contributed by atoms with E-state index in [1.54, 1.807) is 19.1 Å². The minimum Gasteiger partial charge on any atom is -0.306 e. The first-order valence-electron chi connectivity index (χ1n) is 6.36. The van der Waals surface area contributed by atoms with Crippen molar-refractivity contribution in [3.8, 4) is 0 Å². The number of ketones is 1. The van der Waals surface area contributed by atoms with E-state index in [0.717, 1.165) is 24.1 Å². The molecule has 0 saturated heterocycles. The summed E-state index contributed by atoms with van der Waals surface area (Å²) in [5.41, 5.74) is 8.17. The van der Waals surface area contributed by atoms with Crippen molar-refractivity contribution < 1.29 is 9.18 Å². The van der Waals surface area contributed by atoms with E-state index in [0.29, 0.717) is 13.0 Å². The van der Waals surface area contributed by atoms with E-state index in [9.17, 15) is 9.18 Å². The molecule has 0 aromatic heterocycles. The van der Waals surface area contributed by atoms with Gasteiger partial charge in [0.25, 0.3) is 0 Å². The molecular weight excluding hydrogens is 245 g/mol. The van der Waals surface area contributed by atoms with Crippen molar-refractivity contribution in [2.45, 2.75) is 32.7 Å². The Morgan fingerprint density at radius 3 is 2.74 bits per heavy atom. The number of hydrogen-bond donors (Lipinski definition) is 2. The SMILES string of the molecule is CC(=O)CCCC1=CN(Cc2ccc(F)cc2)NN1. The average Bonchev–Trinajstić information content (AvgIpc) is 2.79. The number of allylic oxidation sites excluding steroid dienone is 1. The maximum absolute atomic E-state index is 12.8. The normalized spacial score (nSPS) is 14.2. The van der Waals surface area contributed by atoms with Gasteiger partial charge in [-0.1, -0.05) is 12.1 Å². The Morgan fingerprint density at radius 1 is 1.32 bits per heavy atom. The highest BCUT2D eigenvalue weighted by Crippen LogP contribution is 2.12. The second-order valence-electron chi connectivity index (χ2n) is 4.70. The quantitative estimate of drug-likeness (QED) is 0.826. The molecule has 1 aromatic rings. The average molecular weight is 263 g/mol. The number of nitrogens with zero attached hydrogens (tertiary/aromatic N) is 1. The van der Waals surface area contributed by atoms with Crippen molar-refractivity contribution >= 4 is 5.78 Å². The molecular formula is C14H18FN3O. The van der Waals surface area contributed by atoms with Gasteiger partial charge in [0.1, 0.15) is 11.6 Å². The molecule has 0 atom stereocenters. The molecule has 0 radical (unpaired) electrons. The lowest BCUT2D eigenvalue weighted by Crippen LogP contribution is -2.35. The molecule has 1 aliphatic rings. The minimum atomic E-state index is -0.225. The molecule has 5 heteroatoms. The fraction of sp³-hybridized carbons (Fsp3) is 0.357. The summed E-state index contributed by atoms with van der Waals surface area (Å²) in [7, 11) is 0. The summed E-state index contributed by atoms with van der Waals surface area (Å²) in [5, 5.41) is 1.90. The lowest BCUT2D eigenvalue weighted by molar-refractivity contribution is -0.117. The van der Waals surface area contributed by atoms with Crippen LogP contribution in [0.5, 0.6) is 0 Å². The molecule has 1 heterocycles. The first-order chi connectivity index (χ1) is 9.13. The number of carbonyl (C=O) groups is 1. The van der Waals surface area contributed by atoms with Crippen LogP contribution in [-0.4, -0.2) is 10.8 Å². The van der Waals surface area contributed by atoms with Gasteiger partial charge in [0, 0.05) is 18.3 Å². The van der Waals surface area contributed by atoms with Crippen molar-refractivity contribution in [3.05, 3.63) is 47.5 Å². The Bertz CT molecular complexity index is 470. The minimum absolute atomic E-state index is 0.217. The van der Waals surface area contributed by atoms with Crippen LogP contribution in [0.3, 0.4) is 0 Å². The van der Waals surface area contributed by atoms with Crippen LogP contribution in [-0.2, 0) is 11.3 Å². The van der Waals surface area contributed by atoms with E-state index in [-0.39, 0.29) is 11.6 Å². The fourth-order valence-corrected chi connectivity index (χ4v) is 1.92. The number of nitrogens with one attached hydrogen (secondary N) is 2. The van der Waals surface area contributed by atoms with Crippen molar-refractivity contribution in [3.63, 3.8) is 0 Å². The van der Waals surface area contributed by atoms with Crippen LogP contribution in [0.15, 0.2) is 36.2 Å². The summed E-state index contributed by atoms with van der Waals surface area (Å²) in [5.74, 6) is -0.00792. The Morgan fingerprint density at radius 2 is 2.05 bits per heavy atom. The zero-order chi connectivity index (χ0) is 13.7. The van der Waals surface area contributed by atoms with Gasteiger partial charge in [0.2, 0.25) is 0 Å². The number of hydrogen-bond acceptors (Lipinski definition) is 4. The van der Waals surface area contributed by atoms with Gasteiger partial charge in [-0.3, -0.25) is 5.01 Å². The van der Waals surface area contributed by atoms with Gasteiger partial charge < -0.3 is 10.2 Å². The van der Waals surface area contributed by atoms with Crippen LogP contribution in [0.2, 0.25) is 0 Å². The zero-order valence-corrected chi connectivity index (χ0v) is 10.9. The van der Waals surface area contributed by atoms with Gasteiger partial charge in [0.05, 0.1) is 6.54 Å². The second-order valence-corrected chi connectivity index (χ2v) is 4.70. The molecule has 0 unspecified atom stereocenters. The first kappa shape index (κ1) is 13.5. The molecule has 4 nitrogen and oxygen atoms in total. The van der Waals surface area contributed by atoms with Gasteiger partial charge in [-0.05, 0) is 37.5 Å². The number of carbonyl (C=O) groups excluding carboxylic acids is 1. The molecule has 2 N–H and O–H groups in total. The summed E-state index contributed by atoms with van der Waals surface area (Å²) in [6, 6.07) is 6.43. The third kappa shape index (κ3) is 4.37. The largest absolute Gasteiger partial charge is 0.306 e. The van der Waals surface area contributed by atoms with E-state index in [1.165, 1.54) is 12.1 Å². The molecule has 0 bridgehead atoms. The number of halogens is 1. The lowest BCUT2D eigenvalue weighted by atomic mass is 10.1. The predicted molar refractivity (Wildman–Crippen MR) is 70.8 cm³/mol. The highest BCUT2D eigenvalue weighted by Gasteiger charge is 2.11. The van der Waals surface area contributed by atoms with Gasteiger partial charge >= 0.3 is 0 Å². The maximum Gasteiger partial charge on any atom is 0.129 e. The molecule has 2 rings (SSSR count). The number of rotatable bonds is 6. The highest BCUT2D eigenvalue weighted by molar-refractivity contribution is 5.75. The molecule has 0 amide bonds. The molecule has 19 heavy (non-hydrogen) atoms. The third-order valence-electron chi connectivity index (χ3n) is 2.91. The van der Waals surface area contributed by atoms with Crippen molar-refractivity contribution in [2.75, 3.05) is 0 Å². The maximum atomic E-state index is 12.8. The zero-order valence-electron chi connectivity index (χ0n) is 10.9. The van der Waals surface area contributed by atoms with E-state index in [1.807, 2.05) is 11.2 Å². The number of Topliss-reactive ketones (excluding diaryl/α,β-unsaturated/α-hetero) is 1. The summed E-state index contributed by atoms with van der Waals surface area (Å²) < 4.78 is 12.8. The number of benzene rings is 1. The van der Waals surface area contributed by atoms with Crippen LogP contribution in [0.1, 0.15) is 31.7 Å². The molecule has 0 spiro atoms. The molecule has 1 aliphatic heterocycles. The van der Waals surface area contributed by atoms with Crippen molar-refractivity contribution in [2.24, 2.45) is 0 Å². The van der Waals surface area contributed by atoms with Gasteiger partial charge in [-0.15, -0.1) is 5.53 Å². The number of hydrazine groups is 2. The molecule has 1 aromatic carbocycles. The summed E-state index contributed by atoms with van der Waals surface area (Å²) in [6.07, 6.45) is 4.27. The van der Waals surface area contributed by atoms with Crippen molar-refractivity contribution in [1.29, 1.82) is 0 Å². The van der Waals surface area contributed by atoms with E-state index in [4.69, 9.17) is 0 Å². The van der Waals surface area contributed by atoms with Gasteiger partial charge in [-0.2, -0.15) is 0 Å². The van der Waals surface area contributed by atoms with Crippen molar-refractivity contribution in [1.82, 2.24) is 16.0 Å². The molecule has 0 aliphatic carbocycles. The Balaban J connectivity index is 1.81. The lowest BCUT2D eigenvalue weighted by Gasteiger charge is -2.14. The standard InChI is InChI=1S/C14H18FN3O/c1-11(19)3-2-4-14-10-18(17-16-14)9-12-5-7-13(15)8-6-12/h5-8,10,16-17H,2-4,9H2,1H3. The van der Waals surface area contributed by atoms with Crippen LogP contribution < -0.4 is 11.0 Å². The molecule has 0 fully saturated rings. The van der Waals surface area contributed by atoms with Crippen LogP contribution >= 0.6 is 0 Å². The fourth-order valence-electron chi connectivity index (χ4n) is 1.92. The Hall–Kier alpha value is -1.88.